The molecule has 100 valence electrons. The fourth-order valence-corrected chi connectivity index (χ4v) is 2.70. The van der Waals surface area contributed by atoms with Gasteiger partial charge in [0.15, 0.2) is 0 Å². The molecule has 2 aromatic heterocycles. The van der Waals surface area contributed by atoms with Gasteiger partial charge in [-0.1, -0.05) is 11.3 Å². The molecule has 1 aliphatic rings. The van der Waals surface area contributed by atoms with Crippen LogP contribution in [0.1, 0.15) is 35.8 Å². The number of nitrogens with zero attached hydrogens (tertiary/aromatic N) is 4. The molecule has 0 spiro atoms. The van der Waals surface area contributed by atoms with E-state index in [9.17, 15) is 4.79 Å². The van der Waals surface area contributed by atoms with Crippen LogP contribution in [0.3, 0.4) is 0 Å². The van der Waals surface area contributed by atoms with Crippen molar-refractivity contribution in [1.29, 1.82) is 0 Å². The van der Waals surface area contributed by atoms with E-state index in [0.29, 0.717) is 6.54 Å². The molecule has 2 aromatic rings. The molecule has 1 atom stereocenters. The second-order valence-electron chi connectivity index (χ2n) is 5.04. The Bertz CT molecular complexity index is 657. The van der Waals surface area contributed by atoms with Crippen LogP contribution < -0.4 is 11.3 Å². The van der Waals surface area contributed by atoms with Crippen LogP contribution in [0, 0.1) is 0 Å². The van der Waals surface area contributed by atoms with E-state index in [0.717, 1.165) is 36.2 Å². The molecule has 2 N–H and O–H groups in total. The van der Waals surface area contributed by atoms with Crippen LogP contribution in [-0.2, 0) is 20.0 Å². The first-order valence-electron chi connectivity index (χ1n) is 6.48. The molecule has 0 aromatic carbocycles. The number of pyridine rings is 1. The summed E-state index contributed by atoms with van der Waals surface area (Å²) in [6, 6.07) is 3.51. The van der Waals surface area contributed by atoms with Crippen LogP contribution in [0.25, 0.3) is 0 Å². The van der Waals surface area contributed by atoms with Crippen LogP contribution in [0.15, 0.2) is 23.1 Å². The largest absolute Gasteiger partial charge is 0.324 e. The van der Waals surface area contributed by atoms with Crippen molar-refractivity contribution in [3.63, 3.8) is 0 Å². The minimum absolute atomic E-state index is 0.00139. The van der Waals surface area contributed by atoms with Crippen molar-refractivity contribution in [3.8, 4) is 0 Å². The second-order valence-corrected chi connectivity index (χ2v) is 5.04. The van der Waals surface area contributed by atoms with Gasteiger partial charge in [0.05, 0.1) is 6.54 Å². The predicted molar refractivity (Wildman–Crippen MR) is 70.7 cm³/mol. The lowest BCUT2D eigenvalue weighted by Crippen LogP contribution is -2.29. The summed E-state index contributed by atoms with van der Waals surface area (Å²) in [7, 11) is 1.82. The quantitative estimate of drug-likeness (QED) is 0.844. The molecule has 0 saturated carbocycles. The maximum atomic E-state index is 12.1. The first-order chi connectivity index (χ1) is 9.15. The molecule has 2 heterocycles. The van der Waals surface area contributed by atoms with Gasteiger partial charge < -0.3 is 10.3 Å². The highest BCUT2D eigenvalue weighted by Gasteiger charge is 2.20. The van der Waals surface area contributed by atoms with Crippen LogP contribution in [0.5, 0.6) is 0 Å². The molecular weight excluding hydrogens is 242 g/mol. The molecule has 0 radical (unpaired) electrons. The molecule has 0 amide bonds. The van der Waals surface area contributed by atoms with E-state index in [1.807, 2.05) is 19.3 Å². The third-order valence-electron chi connectivity index (χ3n) is 3.63. The number of rotatable bonds is 2. The van der Waals surface area contributed by atoms with Crippen LogP contribution in [-0.4, -0.2) is 19.6 Å². The number of aromatic nitrogens is 4. The Labute approximate surface area is 110 Å². The van der Waals surface area contributed by atoms with Crippen LogP contribution in [0.2, 0.25) is 0 Å². The van der Waals surface area contributed by atoms with E-state index in [1.54, 1.807) is 15.3 Å². The lowest BCUT2D eigenvalue weighted by atomic mass is 9.91. The van der Waals surface area contributed by atoms with E-state index in [-0.39, 0.29) is 11.6 Å². The van der Waals surface area contributed by atoms with Gasteiger partial charge in [-0.25, -0.2) is 0 Å². The van der Waals surface area contributed by atoms with Gasteiger partial charge >= 0.3 is 0 Å². The fraction of sp³-hybridized carbons (Fsp3) is 0.462. The Morgan fingerprint density at radius 3 is 3.05 bits per heavy atom. The molecular formula is C13H17N5O. The third kappa shape index (κ3) is 2.19. The van der Waals surface area contributed by atoms with E-state index >= 15 is 0 Å². The van der Waals surface area contributed by atoms with E-state index in [4.69, 9.17) is 5.73 Å². The number of fused-ring (bicyclic) bond motifs is 1. The lowest BCUT2D eigenvalue weighted by Gasteiger charge is -2.25. The summed E-state index contributed by atoms with van der Waals surface area (Å²) in [6.07, 6.45) is 4.74. The zero-order valence-corrected chi connectivity index (χ0v) is 10.9. The topological polar surface area (TPSA) is 78.7 Å². The Hall–Kier alpha value is -1.95. The molecule has 1 unspecified atom stereocenters. The molecule has 0 fully saturated rings. The average molecular weight is 259 g/mol. The van der Waals surface area contributed by atoms with Gasteiger partial charge in [-0.05, 0) is 24.8 Å². The van der Waals surface area contributed by atoms with Gasteiger partial charge in [0.25, 0.3) is 5.56 Å². The summed E-state index contributed by atoms with van der Waals surface area (Å²) >= 11 is 0. The van der Waals surface area contributed by atoms with Crippen molar-refractivity contribution in [1.82, 2.24) is 19.6 Å². The van der Waals surface area contributed by atoms with Gasteiger partial charge in [0.1, 0.15) is 5.69 Å². The molecule has 6 heteroatoms. The molecule has 1 aliphatic carbocycles. The first-order valence-corrected chi connectivity index (χ1v) is 6.48. The molecule has 0 bridgehead atoms. The monoisotopic (exact) mass is 259 g/mol. The second kappa shape index (κ2) is 4.62. The molecule has 6 nitrogen and oxygen atoms in total. The van der Waals surface area contributed by atoms with Gasteiger partial charge in [0, 0.05) is 31.0 Å². The van der Waals surface area contributed by atoms with Crippen molar-refractivity contribution in [2.24, 2.45) is 12.8 Å². The van der Waals surface area contributed by atoms with Gasteiger partial charge in [-0.15, -0.1) is 5.10 Å². The van der Waals surface area contributed by atoms with Gasteiger partial charge in [-0.3, -0.25) is 9.48 Å². The SMILES string of the molecule is Cn1cc(Cn2c3c(ccc2=O)C(N)CCC3)nn1. The van der Waals surface area contributed by atoms with E-state index in [1.165, 1.54) is 0 Å². The molecule has 3 rings (SSSR count). The van der Waals surface area contributed by atoms with Crippen molar-refractivity contribution in [2.45, 2.75) is 31.8 Å². The van der Waals surface area contributed by atoms with Crippen molar-refractivity contribution in [3.05, 3.63) is 45.6 Å². The number of nitrogens with two attached hydrogens (primary N) is 1. The van der Waals surface area contributed by atoms with Crippen LogP contribution in [0.4, 0.5) is 0 Å². The number of aryl methyl sites for hydroxylation is 1. The number of hydrogen-bond donors (Lipinski definition) is 1. The maximum Gasteiger partial charge on any atom is 0.251 e. The Kier molecular flexibility index (Phi) is 2.94. The van der Waals surface area contributed by atoms with E-state index < -0.39 is 0 Å². The minimum Gasteiger partial charge on any atom is -0.324 e. The summed E-state index contributed by atoms with van der Waals surface area (Å²) in [6.45, 7) is 0.461. The summed E-state index contributed by atoms with van der Waals surface area (Å²) < 4.78 is 3.42. The Morgan fingerprint density at radius 2 is 2.32 bits per heavy atom. The third-order valence-corrected chi connectivity index (χ3v) is 3.63. The summed E-state index contributed by atoms with van der Waals surface area (Å²) in [5.74, 6) is 0. The van der Waals surface area contributed by atoms with Crippen molar-refractivity contribution >= 4 is 0 Å². The lowest BCUT2D eigenvalue weighted by molar-refractivity contribution is 0.528. The molecule has 19 heavy (non-hydrogen) atoms. The Balaban J connectivity index is 2.05. The van der Waals surface area contributed by atoms with Crippen molar-refractivity contribution < 1.29 is 0 Å². The maximum absolute atomic E-state index is 12.1. The minimum atomic E-state index is -0.00139. The van der Waals surface area contributed by atoms with Gasteiger partial charge in [-0.2, -0.15) is 0 Å². The average Bonchev–Trinajstić information content (AvgIpc) is 2.79. The summed E-state index contributed by atoms with van der Waals surface area (Å²) in [4.78, 5) is 12.1. The molecule has 0 aliphatic heterocycles. The first kappa shape index (κ1) is 12.1. The van der Waals surface area contributed by atoms with Gasteiger partial charge in [0.2, 0.25) is 0 Å². The normalized spacial score (nSPS) is 18.3. The van der Waals surface area contributed by atoms with Crippen molar-refractivity contribution in [2.75, 3.05) is 0 Å². The predicted octanol–water partition coefficient (Wildman–Crippen LogP) is 0.361. The van der Waals surface area contributed by atoms with E-state index in [2.05, 4.69) is 10.3 Å². The van der Waals surface area contributed by atoms with Crippen LogP contribution >= 0.6 is 0 Å². The highest BCUT2D eigenvalue weighted by atomic mass is 16.1. The highest BCUT2D eigenvalue weighted by Crippen LogP contribution is 2.26. The summed E-state index contributed by atoms with van der Waals surface area (Å²) in [5.41, 5.74) is 9.05. The Morgan fingerprint density at radius 1 is 1.47 bits per heavy atom. The molecule has 0 saturated heterocycles. The number of hydrogen-bond acceptors (Lipinski definition) is 4. The summed E-state index contributed by atoms with van der Waals surface area (Å²) in [5, 5.41) is 7.94. The fourth-order valence-electron chi connectivity index (χ4n) is 2.70. The standard InChI is InChI=1S/C13H17N5O/c1-17-7-9(15-16-17)8-18-12-4-2-3-11(14)10(12)5-6-13(18)19/h5-7,11H,2-4,8,14H2,1H3. The highest BCUT2D eigenvalue weighted by molar-refractivity contribution is 5.27. The zero-order valence-electron chi connectivity index (χ0n) is 10.9. The smallest absolute Gasteiger partial charge is 0.251 e. The zero-order chi connectivity index (χ0) is 13.4.